The molecule has 0 saturated carbocycles. The molecule has 0 saturated heterocycles. The third kappa shape index (κ3) is 3.60. The molecule has 3 rings (SSSR count). The number of nitrogens with one attached hydrogen (secondary N) is 2. The molecule has 1 amide bonds. The van der Waals surface area contributed by atoms with Gasteiger partial charge in [-0.05, 0) is 68.5 Å². The molecule has 0 bridgehead atoms. The minimum Gasteiger partial charge on any atom is -0.277 e. The van der Waals surface area contributed by atoms with Crippen molar-refractivity contribution in [2.75, 3.05) is 0 Å². The number of sulfonamides is 2. The summed E-state index contributed by atoms with van der Waals surface area (Å²) in [6.45, 7) is 8.79. The van der Waals surface area contributed by atoms with Crippen molar-refractivity contribution in [3.63, 3.8) is 0 Å². The van der Waals surface area contributed by atoms with Gasteiger partial charge in [-0.25, -0.2) is 21.6 Å². The molecule has 2 aromatic rings. The molecule has 8 nitrogen and oxygen atoms in total. The van der Waals surface area contributed by atoms with Crippen molar-refractivity contribution >= 4 is 31.7 Å². The average molecular weight is 460 g/mol. The summed E-state index contributed by atoms with van der Waals surface area (Å²) in [6, 6.07) is 7.46. The Morgan fingerprint density at radius 2 is 1.48 bits per heavy atom. The summed E-state index contributed by atoms with van der Waals surface area (Å²) in [6.07, 6.45) is 0. The Hall–Kier alpha value is -3.16. The molecule has 2 N–H and O–H groups in total. The van der Waals surface area contributed by atoms with E-state index in [2.05, 4.69) is 4.72 Å². The molecule has 0 radical (unpaired) electrons. The van der Waals surface area contributed by atoms with Crippen LogP contribution in [0.25, 0.3) is 5.70 Å². The topological polar surface area (TPSA) is 133 Å². The number of rotatable bonds is 3. The summed E-state index contributed by atoms with van der Waals surface area (Å²) in [5.41, 5.74) is 2.75. The number of carbonyl (C=O) groups is 1. The third-order valence-electron chi connectivity index (χ3n) is 5.70. The van der Waals surface area contributed by atoms with Gasteiger partial charge in [0.2, 0.25) is 0 Å². The number of hydrogen-bond donors (Lipinski definition) is 2. The molecule has 0 fully saturated rings. The number of hydrogen-bond acceptors (Lipinski definition) is 6. The van der Waals surface area contributed by atoms with E-state index in [9.17, 15) is 26.9 Å². The lowest BCUT2D eigenvalue weighted by Crippen LogP contribution is -2.34. The van der Waals surface area contributed by atoms with E-state index < -0.39 is 31.5 Å². The van der Waals surface area contributed by atoms with Crippen LogP contribution >= 0.6 is 0 Å². The maximum atomic E-state index is 13.1. The highest BCUT2D eigenvalue weighted by molar-refractivity contribution is 7.90. The Bertz CT molecular complexity index is 1400. The SMILES string of the molecule is Cc1c(C)c(C)c(S(=O)(=O)NC(=O)C(C#N)=C2NS(=O)(=O)c3ccccc32)c(C)c1C. The molecule has 2 aromatic carbocycles. The second-order valence-electron chi connectivity index (χ2n) is 7.35. The number of nitriles is 1. The number of benzene rings is 2. The molecule has 0 aliphatic carbocycles. The van der Waals surface area contributed by atoms with Crippen LogP contribution in [0.2, 0.25) is 0 Å². The normalized spacial score (nSPS) is 16.1. The second-order valence-corrected chi connectivity index (χ2v) is 10.6. The van der Waals surface area contributed by atoms with E-state index in [0.29, 0.717) is 11.1 Å². The van der Waals surface area contributed by atoms with Crippen LogP contribution in [0.5, 0.6) is 0 Å². The number of nitrogens with zero attached hydrogens (tertiary/aromatic N) is 1. The molecule has 0 aromatic heterocycles. The molecule has 1 aliphatic rings. The highest BCUT2D eigenvalue weighted by Crippen LogP contribution is 2.33. The monoisotopic (exact) mass is 459 g/mol. The van der Waals surface area contributed by atoms with Crippen LogP contribution in [-0.2, 0) is 24.8 Å². The van der Waals surface area contributed by atoms with E-state index in [0.717, 1.165) is 16.7 Å². The molecule has 1 heterocycles. The summed E-state index contributed by atoms with van der Waals surface area (Å²) in [5, 5.41) is 9.56. The predicted octanol–water partition coefficient (Wildman–Crippen LogP) is 2.26. The van der Waals surface area contributed by atoms with Gasteiger partial charge in [0, 0.05) is 5.56 Å². The average Bonchev–Trinajstić information content (AvgIpc) is 2.96. The highest BCUT2D eigenvalue weighted by atomic mass is 32.2. The van der Waals surface area contributed by atoms with Crippen molar-refractivity contribution in [1.29, 1.82) is 5.26 Å². The van der Waals surface area contributed by atoms with E-state index in [4.69, 9.17) is 0 Å². The van der Waals surface area contributed by atoms with E-state index in [1.54, 1.807) is 39.8 Å². The van der Waals surface area contributed by atoms with Gasteiger partial charge in [0.25, 0.3) is 26.0 Å². The molecule has 0 unspecified atom stereocenters. The van der Waals surface area contributed by atoms with Crippen LogP contribution < -0.4 is 9.44 Å². The summed E-state index contributed by atoms with van der Waals surface area (Å²) < 4.78 is 54.9. The van der Waals surface area contributed by atoms with Crippen molar-refractivity contribution in [3.05, 3.63) is 63.2 Å². The van der Waals surface area contributed by atoms with Crippen LogP contribution in [0.4, 0.5) is 0 Å². The van der Waals surface area contributed by atoms with Gasteiger partial charge in [-0.3, -0.25) is 9.52 Å². The number of carbonyl (C=O) groups excluding carboxylic acids is 1. The Labute approximate surface area is 181 Å². The minimum absolute atomic E-state index is 0.0313. The van der Waals surface area contributed by atoms with E-state index in [1.165, 1.54) is 18.2 Å². The first-order valence-electron chi connectivity index (χ1n) is 9.24. The zero-order valence-corrected chi connectivity index (χ0v) is 19.2. The second kappa shape index (κ2) is 7.51. The van der Waals surface area contributed by atoms with E-state index in [1.807, 2.05) is 11.6 Å². The molecular weight excluding hydrogens is 438 g/mol. The van der Waals surface area contributed by atoms with E-state index >= 15 is 0 Å². The Kier molecular flexibility index (Phi) is 5.46. The molecule has 0 atom stereocenters. The molecule has 1 aliphatic heterocycles. The van der Waals surface area contributed by atoms with Crippen LogP contribution in [0.3, 0.4) is 0 Å². The van der Waals surface area contributed by atoms with Gasteiger partial charge < -0.3 is 0 Å². The van der Waals surface area contributed by atoms with Crippen LogP contribution in [0.15, 0.2) is 39.6 Å². The number of fused-ring (bicyclic) bond motifs is 1. The lowest BCUT2D eigenvalue weighted by atomic mass is 9.95. The predicted molar refractivity (Wildman–Crippen MR) is 115 cm³/mol. The first-order chi connectivity index (χ1) is 14.3. The Morgan fingerprint density at radius 1 is 0.968 bits per heavy atom. The van der Waals surface area contributed by atoms with Crippen LogP contribution in [0, 0.1) is 45.9 Å². The summed E-state index contributed by atoms with van der Waals surface area (Å²) in [5.74, 6) is -1.22. The van der Waals surface area contributed by atoms with Gasteiger partial charge in [-0.1, -0.05) is 18.2 Å². The highest BCUT2D eigenvalue weighted by Gasteiger charge is 2.35. The lowest BCUT2D eigenvalue weighted by molar-refractivity contribution is -0.115. The molecule has 10 heteroatoms. The lowest BCUT2D eigenvalue weighted by Gasteiger charge is -2.19. The fourth-order valence-corrected chi connectivity index (χ4v) is 6.52. The summed E-state index contributed by atoms with van der Waals surface area (Å²) in [7, 11) is -8.29. The van der Waals surface area contributed by atoms with Crippen molar-refractivity contribution in [2.24, 2.45) is 0 Å². The van der Waals surface area contributed by atoms with Gasteiger partial charge in [0.15, 0.2) is 0 Å². The first kappa shape index (κ1) is 22.5. The van der Waals surface area contributed by atoms with Gasteiger partial charge in [0.05, 0.1) is 15.5 Å². The van der Waals surface area contributed by atoms with Crippen molar-refractivity contribution < 1.29 is 21.6 Å². The summed E-state index contributed by atoms with van der Waals surface area (Å²) in [4.78, 5) is 12.7. The smallest absolute Gasteiger partial charge is 0.277 e. The molecule has 31 heavy (non-hydrogen) atoms. The zero-order valence-electron chi connectivity index (χ0n) is 17.6. The largest absolute Gasteiger partial charge is 0.277 e. The Balaban J connectivity index is 2.12. The van der Waals surface area contributed by atoms with Crippen LogP contribution in [-0.4, -0.2) is 22.7 Å². The maximum Gasteiger partial charge on any atom is 0.277 e. The quantitative estimate of drug-likeness (QED) is 0.534. The van der Waals surface area contributed by atoms with Crippen molar-refractivity contribution in [1.82, 2.24) is 9.44 Å². The van der Waals surface area contributed by atoms with Gasteiger partial charge in [-0.15, -0.1) is 0 Å². The first-order valence-corrected chi connectivity index (χ1v) is 12.2. The molecule has 162 valence electrons. The number of amides is 1. The fraction of sp³-hybridized carbons (Fsp3) is 0.238. The van der Waals surface area contributed by atoms with Gasteiger partial charge >= 0.3 is 0 Å². The zero-order chi connectivity index (χ0) is 23.3. The van der Waals surface area contributed by atoms with Gasteiger partial charge in [0.1, 0.15) is 11.6 Å². The molecular formula is C21H21N3O5S2. The standard InChI is InChI=1S/C21H21N3O5S2/c1-11-12(2)14(4)20(15(5)13(11)3)31(28,29)24-21(25)17(10-22)19-16-8-6-7-9-18(16)30(26,27)23-19/h6-9,23H,1-5H3,(H,24,25). The van der Waals surface area contributed by atoms with Crippen molar-refractivity contribution in [3.8, 4) is 6.07 Å². The fourth-order valence-electron chi connectivity index (χ4n) is 3.65. The van der Waals surface area contributed by atoms with Crippen LogP contribution in [0.1, 0.15) is 33.4 Å². The Morgan fingerprint density at radius 3 is 2.03 bits per heavy atom. The van der Waals surface area contributed by atoms with Crippen molar-refractivity contribution in [2.45, 2.75) is 44.4 Å². The molecule has 0 spiro atoms. The van der Waals surface area contributed by atoms with E-state index in [-0.39, 0.29) is 21.1 Å². The van der Waals surface area contributed by atoms with Gasteiger partial charge in [-0.2, -0.15) is 5.26 Å². The third-order valence-corrected chi connectivity index (χ3v) is 8.71. The maximum absolute atomic E-state index is 13.1. The minimum atomic E-state index is -4.34. The summed E-state index contributed by atoms with van der Waals surface area (Å²) >= 11 is 0.